The molecule has 1 aromatic carbocycles. The molecule has 2 amide bonds. The van der Waals surface area contributed by atoms with Crippen molar-refractivity contribution in [3.8, 4) is 0 Å². The lowest BCUT2D eigenvalue weighted by Crippen LogP contribution is -2.45. The fourth-order valence-corrected chi connectivity index (χ4v) is 2.71. The molecule has 4 nitrogen and oxygen atoms in total. The first-order valence-electron chi connectivity index (χ1n) is 7.57. The molecule has 1 saturated heterocycles. The summed E-state index contributed by atoms with van der Waals surface area (Å²) >= 11 is 0. The molecule has 0 radical (unpaired) electrons. The Bertz CT molecular complexity index is 587. The van der Waals surface area contributed by atoms with Crippen LogP contribution in [0.25, 0.3) is 0 Å². The van der Waals surface area contributed by atoms with E-state index in [1.165, 1.54) is 17.0 Å². The van der Waals surface area contributed by atoms with Crippen molar-refractivity contribution in [3.63, 3.8) is 0 Å². The molecule has 7 heteroatoms. The fraction of sp³-hybridized carbons (Fsp3) is 0.500. The van der Waals surface area contributed by atoms with E-state index >= 15 is 0 Å². The smallest absolute Gasteiger partial charge is 0.356 e. The van der Waals surface area contributed by atoms with Crippen LogP contribution in [0.2, 0.25) is 0 Å². The van der Waals surface area contributed by atoms with Crippen LogP contribution in [0.1, 0.15) is 35.7 Å². The molecular formula is C16H19F3N2O2. The van der Waals surface area contributed by atoms with E-state index in [0.29, 0.717) is 25.9 Å². The predicted molar refractivity (Wildman–Crippen MR) is 78.8 cm³/mol. The molecule has 0 aliphatic carbocycles. The Labute approximate surface area is 132 Å². The molecule has 2 rings (SSSR count). The zero-order valence-electron chi connectivity index (χ0n) is 12.8. The van der Waals surface area contributed by atoms with Crippen LogP contribution in [0, 0.1) is 5.92 Å². The molecular weight excluding hydrogens is 309 g/mol. The minimum atomic E-state index is -4.48. The first-order chi connectivity index (χ1) is 10.8. The number of likely N-dealkylation sites (tertiary alicyclic amines) is 1. The van der Waals surface area contributed by atoms with Gasteiger partial charge >= 0.3 is 6.18 Å². The number of piperidine rings is 1. The highest BCUT2D eigenvalue weighted by Gasteiger charge is 2.32. The van der Waals surface area contributed by atoms with Crippen LogP contribution >= 0.6 is 0 Å². The molecule has 1 N–H and O–H groups in total. The van der Waals surface area contributed by atoms with Gasteiger partial charge < -0.3 is 10.2 Å². The van der Waals surface area contributed by atoms with E-state index in [9.17, 15) is 22.8 Å². The first-order valence-corrected chi connectivity index (χ1v) is 7.57. The van der Waals surface area contributed by atoms with Gasteiger partial charge in [-0.15, -0.1) is 0 Å². The fourth-order valence-electron chi connectivity index (χ4n) is 2.71. The van der Waals surface area contributed by atoms with Gasteiger partial charge in [0.25, 0.3) is 5.91 Å². The molecule has 0 aromatic heterocycles. The number of nitrogens with one attached hydrogen (secondary N) is 1. The number of rotatable bonds is 3. The zero-order valence-corrected chi connectivity index (χ0v) is 12.8. The van der Waals surface area contributed by atoms with Gasteiger partial charge in [-0.2, -0.15) is 13.2 Å². The highest BCUT2D eigenvalue weighted by atomic mass is 19.4. The maximum Gasteiger partial charge on any atom is 0.416 e. The number of halogens is 3. The van der Waals surface area contributed by atoms with E-state index < -0.39 is 17.6 Å². The van der Waals surface area contributed by atoms with Gasteiger partial charge in [0, 0.05) is 25.2 Å². The van der Waals surface area contributed by atoms with Crippen LogP contribution in [0.15, 0.2) is 24.3 Å². The van der Waals surface area contributed by atoms with Gasteiger partial charge in [0.1, 0.15) is 0 Å². The summed E-state index contributed by atoms with van der Waals surface area (Å²) in [4.78, 5) is 25.8. The summed E-state index contributed by atoms with van der Waals surface area (Å²) in [6.07, 6.45) is -3.15. The highest BCUT2D eigenvalue weighted by Crippen LogP contribution is 2.30. The average Bonchev–Trinajstić information content (AvgIpc) is 2.54. The molecule has 0 unspecified atom stereocenters. The number of alkyl halides is 3. The minimum Gasteiger partial charge on any atom is -0.356 e. The Morgan fingerprint density at radius 1 is 1.35 bits per heavy atom. The van der Waals surface area contributed by atoms with E-state index in [1.54, 1.807) is 0 Å². The van der Waals surface area contributed by atoms with Crippen LogP contribution in [0.3, 0.4) is 0 Å². The van der Waals surface area contributed by atoms with Gasteiger partial charge in [-0.25, -0.2) is 0 Å². The number of hydrogen-bond donors (Lipinski definition) is 1. The SMILES string of the molecule is CCNC(=O)[C@@H]1CCCN(C(=O)c2cccc(C(F)(F)F)c2)C1. The number of carbonyl (C=O) groups excluding carboxylic acids is 2. The lowest BCUT2D eigenvalue weighted by atomic mass is 9.96. The van der Waals surface area contributed by atoms with Crippen molar-refractivity contribution in [1.29, 1.82) is 0 Å². The van der Waals surface area contributed by atoms with Crippen molar-refractivity contribution < 1.29 is 22.8 Å². The molecule has 1 aliphatic rings. The second-order valence-corrected chi connectivity index (χ2v) is 5.56. The second kappa shape index (κ2) is 7.02. The Hall–Kier alpha value is -2.05. The molecule has 0 spiro atoms. The van der Waals surface area contributed by atoms with Crippen LogP contribution in [-0.2, 0) is 11.0 Å². The van der Waals surface area contributed by atoms with E-state index in [-0.39, 0.29) is 23.9 Å². The summed E-state index contributed by atoms with van der Waals surface area (Å²) in [6.45, 7) is 3.01. The molecule has 1 fully saturated rings. The number of carbonyl (C=O) groups is 2. The van der Waals surface area contributed by atoms with Gasteiger partial charge in [0.2, 0.25) is 5.91 Å². The molecule has 23 heavy (non-hydrogen) atoms. The summed E-state index contributed by atoms with van der Waals surface area (Å²) < 4.78 is 38.2. The zero-order chi connectivity index (χ0) is 17.0. The molecule has 1 aliphatic heterocycles. The maximum atomic E-state index is 12.7. The van der Waals surface area contributed by atoms with Gasteiger partial charge in [-0.05, 0) is 38.0 Å². The van der Waals surface area contributed by atoms with Crippen LogP contribution in [0.4, 0.5) is 13.2 Å². The Morgan fingerprint density at radius 3 is 2.74 bits per heavy atom. The second-order valence-electron chi connectivity index (χ2n) is 5.56. The molecule has 0 bridgehead atoms. The number of benzene rings is 1. The molecule has 1 heterocycles. The number of nitrogens with zero attached hydrogens (tertiary/aromatic N) is 1. The third kappa shape index (κ3) is 4.24. The number of amides is 2. The van der Waals surface area contributed by atoms with E-state index in [4.69, 9.17) is 0 Å². The first kappa shape index (κ1) is 17.3. The molecule has 1 atom stereocenters. The van der Waals surface area contributed by atoms with Crippen molar-refractivity contribution >= 4 is 11.8 Å². The maximum absolute atomic E-state index is 12.7. The average molecular weight is 328 g/mol. The van der Waals surface area contributed by atoms with Gasteiger partial charge in [0.15, 0.2) is 0 Å². The van der Waals surface area contributed by atoms with Crippen molar-refractivity contribution in [2.45, 2.75) is 25.9 Å². The normalized spacial score (nSPS) is 18.6. The van der Waals surface area contributed by atoms with E-state index in [0.717, 1.165) is 12.1 Å². The minimum absolute atomic E-state index is 0.00336. The lowest BCUT2D eigenvalue weighted by Gasteiger charge is -2.32. The summed E-state index contributed by atoms with van der Waals surface area (Å²) in [7, 11) is 0. The Balaban J connectivity index is 2.12. The van der Waals surface area contributed by atoms with Crippen LogP contribution in [-0.4, -0.2) is 36.3 Å². The van der Waals surface area contributed by atoms with Crippen molar-refractivity contribution in [2.75, 3.05) is 19.6 Å². The van der Waals surface area contributed by atoms with E-state index in [1.807, 2.05) is 6.92 Å². The predicted octanol–water partition coefficient (Wildman–Crippen LogP) is 2.69. The summed E-state index contributed by atoms with van der Waals surface area (Å²) in [5.41, 5.74) is -0.850. The summed E-state index contributed by atoms with van der Waals surface area (Å²) in [6, 6.07) is 4.39. The van der Waals surface area contributed by atoms with Gasteiger partial charge in [-0.1, -0.05) is 6.07 Å². The third-order valence-electron chi connectivity index (χ3n) is 3.87. The Morgan fingerprint density at radius 2 is 2.09 bits per heavy atom. The quantitative estimate of drug-likeness (QED) is 0.927. The van der Waals surface area contributed by atoms with Gasteiger partial charge in [-0.3, -0.25) is 9.59 Å². The highest BCUT2D eigenvalue weighted by molar-refractivity contribution is 5.95. The lowest BCUT2D eigenvalue weighted by molar-refractivity contribution is -0.137. The largest absolute Gasteiger partial charge is 0.416 e. The van der Waals surface area contributed by atoms with Crippen molar-refractivity contribution in [3.05, 3.63) is 35.4 Å². The third-order valence-corrected chi connectivity index (χ3v) is 3.87. The standard InChI is InChI=1S/C16H19F3N2O2/c1-2-20-14(22)12-6-4-8-21(10-12)15(23)11-5-3-7-13(9-11)16(17,18)19/h3,5,7,9,12H,2,4,6,8,10H2,1H3,(H,20,22)/t12-/m1/s1. The molecule has 0 saturated carbocycles. The molecule has 1 aromatic rings. The number of hydrogen-bond acceptors (Lipinski definition) is 2. The van der Waals surface area contributed by atoms with Crippen molar-refractivity contribution in [2.24, 2.45) is 5.92 Å². The van der Waals surface area contributed by atoms with Crippen LogP contribution in [0.5, 0.6) is 0 Å². The summed E-state index contributed by atoms with van der Waals surface area (Å²) in [5, 5.41) is 2.72. The van der Waals surface area contributed by atoms with E-state index in [2.05, 4.69) is 5.32 Å². The van der Waals surface area contributed by atoms with Gasteiger partial charge in [0.05, 0.1) is 11.5 Å². The van der Waals surface area contributed by atoms with Crippen molar-refractivity contribution in [1.82, 2.24) is 10.2 Å². The summed E-state index contributed by atoms with van der Waals surface area (Å²) in [5.74, 6) is -0.891. The topological polar surface area (TPSA) is 49.4 Å². The Kier molecular flexibility index (Phi) is 5.28. The van der Waals surface area contributed by atoms with Crippen LogP contribution < -0.4 is 5.32 Å². The molecule has 126 valence electrons. The monoisotopic (exact) mass is 328 g/mol.